The molecule has 3 heteroatoms. The van der Waals surface area contributed by atoms with Crippen molar-refractivity contribution in [3.63, 3.8) is 0 Å². The van der Waals surface area contributed by atoms with E-state index in [-0.39, 0.29) is 5.78 Å². The SMILES string of the molecule is COc1csc(C(=O)c2cccc(C)c2C)c1. The molecule has 17 heavy (non-hydrogen) atoms. The van der Waals surface area contributed by atoms with Gasteiger partial charge in [-0.3, -0.25) is 4.79 Å². The van der Waals surface area contributed by atoms with Crippen LogP contribution in [0.4, 0.5) is 0 Å². The van der Waals surface area contributed by atoms with Crippen molar-refractivity contribution in [3.8, 4) is 5.75 Å². The Hall–Kier alpha value is -1.61. The average molecular weight is 246 g/mol. The van der Waals surface area contributed by atoms with Gasteiger partial charge in [-0.2, -0.15) is 0 Å². The first-order valence-corrected chi connectivity index (χ1v) is 6.25. The molecule has 0 atom stereocenters. The zero-order valence-electron chi connectivity index (χ0n) is 10.1. The largest absolute Gasteiger partial charge is 0.496 e. The Kier molecular flexibility index (Phi) is 3.29. The molecule has 1 heterocycles. The summed E-state index contributed by atoms with van der Waals surface area (Å²) >= 11 is 1.42. The number of ether oxygens (including phenoxy) is 1. The molecule has 0 aliphatic carbocycles. The summed E-state index contributed by atoms with van der Waals surface area (Å²) in [6.45, 7) is 3.99. The standard InChI is InChI=1S/C14H14O2S/c1-9-5-4-6-12(10(9)2)14(15)13-7-11(16-3)8-17-13/h4-8H,1-3H3. The second kappa shape index (κ2) is 4.72. The maximum Gasteiger partial charge on any atom is 0.203 e. The Labute approximate surface area is 105 Å². The third-order valence-electron chi connectivity index (χ3n) is 2.88. The molecule has 0 N–H and O–H groups in total. The van der Waals surface area contributed by atoms with E-state index in [4.69, 9.17) is 4.74 Å². The van der Waals surface area contributed by atoms with Crippen molar-refractivity contribution in [3.05, 3.63) is 51.2 Å². The molecule has 0 saturated heterocycles. The molecule has 0 saturated carbocycles. The van der Waals surface area contributed by atoms with E-state index in [2.05, 4.69) is 0 Å². The van der Waals surface area contributed by atoms with Crippen LogP contribution in [0.1, 0.15) is 26.4 Å². The molecule has 2 nitrogen and oxygen atoms in total. The van der Waals surface area contributed by atoms with Crippen molar-refractivity contribution in [1.82, 2.24) is 0 Å². The summed E-state index contributed by atoms with van der Waals surface area (Å²) in [5, 5.41) is 1.85. The number of ketones is 1. The first-order valence-electron chi connectivity index (χ1n) is 5.37. The zero-order chi connectivity index (χ0) is 12.4. The van der Waals surface area contributed by atoms with Crippen LogP contribution in [0.25, 0.3) is 0 Å². The summed E-state index contributed by atoms with van der Waals surface area (Å²) in [5.74, 6) is 0.808. The molecule has 0 aliphatic heterocycles. The van der Waals surface area contributed by atoms with Gasteiger partial charge in [0.15, 0.2) is 0 Å². The highest BCUT2D eigenvalue weighted by Gasteiger charge is 2.14. The van der Waals surface area contributed by atoms with E-state index in [0.717, 1.165) is 27.3 Å². The Bertz CT molecular complexity index is 555. The number of aryl methyl sites for hydroxylation is 1. The van der Waals surface area contributed by atoms with Crippen molar-refractivity contribution in [2.24, 2.45) is 0 Å². The normalized spacial score (nSPS) is 10.3. The molecule has 0 radical (unpaired) electrons. The Morgan fingerprint density at radius 3 is 2.71 bits per heavy atom. The number of carbonyl (C=O) groups excluding carboxylic acids is 1. The number of hydrogen-bond acceptors (Lipinski definition) is 3. The molecule has 0 bridgehead atoms. The van der Waals surface area contributed by atoms with Crippen LogP contribution in [-0.2, 0) is 0 Å². The second-order valence-electron chi connectivity index (χ2n) is 3.93. The quantitative estimate of drug-likeness (QED) is 0.773. The molecular formula is C14H14O2S. The number of rotatable bonds is 3. The van der Waals surface area contributed by atoms with Gasteiger partial charge in [0, 0.05) is 17.0 Å². The third kappa shape index (κ3) is 2.24. The fourth-order valence-corrected chi connectivity index (χ4v) is 2.48. The number of methoxy groups -OCH3 is 1. The number of thiophene rings is 1. The van der Waals surface area contributed by atoms with E-state index in [1.165, 1.54) is 11.3 Å². The topological polar surface area (TPSA) is 26.3 Å². The zero-order valence-corrected chi connectivity index (χ0v) is 10.9. The van der Waals surface area contributed by atoms with E-state index in [0.29, 0.717) is 0 Å². The fourth-order valence-electron chi connectivity index (χ4n) is 1.67. The lowest BCUT2D eigenvalue weighted by molar-refractivity contribution is 0.104. The molecule has 0 aliphatic rings. The molecule has 0 fully saturated rings. The summed E-state index contributed by atoms with van der Waals surface area (Å²) in [4.78, 5) is 13.0. The van der Waals surface area contributed by atoms with Crippen molar-refractivity contribution in [2.45, 2.75) is 13.8 Å². The molecule has 0 spiro atoms. The fraction of sp³-hybridized carbons (Fsp3) is 0.214. The van der Waals surface area contributed by atoms with Gasteiger partial charge in [0.2, 0.25) is 5.78 Å². The Morgan fingerprint density at radius 1 is 1.29 bits per heavy atom. The molecule has 2 rings (SSSR count). The molecule has 0 unspecified atom stereocenters. The van der Waals surface area contributed by atoms with Crippen molar-refractivity contribution < 1.29 is 9.53 Å². The van der Waals surface area contributed by atoms with Crippen LogP contribution in [-0.4, -0.2) is 12.9 Å². The van der Waals surface area contributed by atoms with E-state index in [1.807, 2.05) is 37.4 Å². The maximum absolute atomic E-state index is 12.3. The summed E-state index contributed by atoms with van der Waals surface area (Å²) in [5.41, 5.74) is 2.96. The Balaban J connectivity index is 2.40. The van der Waals surface area contributed by atoms with Gasteiger partial charge in [-0.25, -0.2) is 0 Å². The van der Waals surface area contributed by atoms with Gasteiger partial charge in [-0.1, -0.05) is 18.2 Å². The molecule has 88 valence electrons. The first kappa shape index (κ1) is 11.9. The number of hydrogen-bond donors (Lipinski definition) is 0. The summed E-state index contributed by atoms with van der Waals surface area (Å²) in [6.07, 6.45) is 0. The van der Waals surface area contributed by atoms with E-state index >= 15 is 0 Å². The van der Waals surface area contributed by atoms with Crippen molar-refractivity contribution >= 4 is 17.1 Å². The number of carbonyl (C=O) groups is 1. The highest BCUT2D eigenvalue weighted by Crippen LogP contribution is 2.25. The van der Waals surface area contributed by atoms with Crippen LogP contribution in [0, 0.1) is 13.8 Å². The monoisotopic (exact) mass is 246 g/mol. The van der Waals surface area contributed by atoms with Gasteiger partial charge in [-0.15, -0.1) is 11.3 Å². The van der Waals surface area contributed by atoms with Gasteiger partial charge in [0.1, 0.15) is 5.75 Å². The maximum atomic E-state index is 12.3. The van der Waals surface area contributed by atoms with Crippen LogP contribution < -0.4 is 4.74 Å². The summed E-state index contributed by atoms with van der Waals surface area (Å²) < 4.78 is 5.09. The van der Waals surface area contributed by atoms with Crippen molar-refractivity contribution in [2.75, 3.05) is 7.11 Å². The van der Waals surface area contributed by atoms with Crippen LogP contribution >= 0.6 is 11.3 Å². The lowest BCUT2D eigenvalue weighted by atomic mass is 9.99. The van der Waals surface area contributed by atoms with Gasteiger partial charge in [0.05, 0.1) is 12.0 Å². The minimum atomic E-state index is 0.0690. The number of benzene rings is 1. The Morgan fingerprint density at radius 2 is 2.06 bits per heavy atom. The van der Waals surface area contributed by atoms with Crippen LogP contribution in [0.5, 0.6) is 5.75 Å². The first-order chi connectivity index (χ1) is 8.13. The van der Waals surface area contributed by atoms with E-state index in [1.54, 1.807) is 13.2 Å². The van der Waals surface area contributed by atoms with Gasteiger partial charge >= 0.3 is 0 Å². The minimum Gasteiger partial charge on any atom is -0.496 e. The second-order valence-corrected chi connectivity index (χ2v) is 4.84. The lowest BCUT2D eigenvalue weighted by Gasteiger charge is -2.05. The summed E-state index contributed by atoms with van der Waals surface area (Å²) in [7, 11) is 1.61. The minimum absolute atomic E-state index is 0.0690. The molecule has 2 aromatic rings. The third-order valence-corrected chi connectivity index (χ3v) is 3.79. The molecular weight excluding hydrogens is 232 g/mol. The predicted molar refractivity (Wildman–Crippen MR) is 70.2 cm³/mol. The summed E-state index contributed by atoms with van der Waals surface area (Å²) in [6, 6.07) is 7.59. The molecule has 1 aromatic heterocycles. The highest BCUT2D eigenvalue weighted by molar-refractivity contribution is 7.12. The van der Waals surface area contributed by atoms with E-state index in [9.17, 15) is 4.79 Å². The smallest absolute Gasteiger partial charge is 0.203 e. The predicted octanol–water partition coefficient (Wildman–Crippen LogP) is 3.60. The highest BCUT2D eigenvalue weighted by atomic mass is 32.1. The van der Waals surface area contributed by atoms with Crippen LogP contribution in [0.15, 0.2) is 29.6 Å². The molecule has 1 aromatic carbocycles. The van der Waals surface area contributed by atoms with E-state index < -0.39 is 0 Å². The van der Waals surface area contributed by atoms with Gasteiger partial charge < -0.3 is 4.74 Å². The average Bonchev–Trinajstić information content (AvgIpc) is 2.80. The van der Waals surface area contributed by atoms with Crippen molar-refractivity contribution in [1.29, 1.82) is 0 Å². The van der Waals surface area contributed by atoms with Crippen LogP contribution in [0.3, 0.4) is 0 Å². The van der Waals surface area contributed by atoms with Gasteiger partial charge in [-0.05, 0) is 25.0 Å². The molecule has 0 amide bonds. The van der Waals surface area contributed by atoms with Crippen LogP contribution in [0.2, 0.25) is 0 Å². The van der Waals surface area contributed by atoms with Gasteiger partial charge in [0.25, 0.3) is 0 Å². The lowest BCUT2D eigenvalue weighted by Crippen LogP contribution is -2.02.